The van der Waals surface area contributed by atoms with Crippen molar-refractivity contribution in [3.05, 3.63) is 61.7 Å². The first-order chi connectivity index (χ1) is 14.5. The Kier molecular flexibility index (Phi) is 5.51. The van der Waals surface area contributed by atoms with E-state index >= 15 is 0 Å². The molecule has 174 valence electrons. The van der Waals surface area contributed by atoms with Gasteiger partial charge in [0.25, 0.3) is 5.56 Å². The molecular weight excluding hydrogens is 449 g/mol. The van der Waals surface area contributed by atoms with Gasteiger partial charge in [-0.25, -0.2) is 13.9 Å². The van der Waals surface area contributed by atoms with Gasteiger partial charge < -0.3 is 0 Å². The first kappa shape index (κ1) is 23.5. The number of hydrogen-bond acceptors (Lipinski definition) is 3. The normalized spacial score (nSPS) is 14.2. The summed E-state index contributed by atoms with van der Waals surface area (Å²) in [4.78, 5) is 28.1. The highest BCUT2D eigenvalue weighted by molar-refractivity contribution is 5.77. The summed E-state index contributed by atoms with van der Waals surface area (Å²) in [6.45, 7) is 4.78. The van der Waals surface area contributed by atoms with E-state index in [0.29, 0.717) is 12.1 Å². The summed E-state index contributed by atoms with van der Waals surface area (Å²) in [6.07, 6.45) is -11.3. The van der Waals surface area contributed by atoms with Gasteiger partial charge in [-0.05, 0) is 23.1 Å². The molecule has 2 heterocycles. The minimum Gasteiger partial charge on any atom is -0.292 e. The lowest BCUT2D eigenvalue weighted by Crippen LogP contribution is -2.29. The average molecular weight is 466 g/mol. The Hall–Kier alpha value is -3.12. The molecule has 1 aromatic carbocycles. The second-order valence-corrected chi connectivity index (χ2v) is 8.32. The third kappa shape index (κ3) is 4.55. The van der Waals surface area contributed by atoms with Gasteiger partial charge in [-0.2, -0.15) is 31.4 Å². The van der Waals surface area contributed by atoms with Crippen molar-refractivity contribution in [1.29, 1.82) is 0 Å². The lowest BCUT2D eigenvalue weighted by Gasteiger charge is -2.32. The van der Waals surface area contributed by atoms with Crippen molar-refractivity contribution in [3.63, 3.8) is 0 Å². The third-order valence-electron chi connectivity index (χ3n) is 4.72. The highest BCUT2D eigenvalue weighted by Gasteiger charge is 2.38. The van der Waals surface area contributed by atoms with Crippen molar-refractivity contribution in [1.82, 2.24) is 19.7 Å². The van der Waals surface area contributed by atoms with Gasteiger partial charge in [-0.15, -0.1) is 0 Å². The second-order valence-electron chi connectivity index (χ2n) is 8.32. The number of nitrogens with zero attached hydrogens (tertiary/aromatic N) is 2. The van der Waals surface area contributed by atoms with Crippen LogP contribution in [-0.2, 0) is 12.6 Å². The Balaban J connectivity index is 2.33. The van der Waals surface area contributed by atoms with E-state index in [-0.39, 0.29) is 11.2 Å². The summed E-state index contributed by atoms with van der Waals surface area (Å²) in [5.41, 5.74) is -5.69. The number of halogens is 7. The number of H-pyrrole nitrogens is 2. The van der Waals surface area contributed by atoms with Gasteiger partial charge in [0.1, 0.15) is 16.9 Å². The van der Waals surface area contributed by atoms with Crippen LogP contribution in [0.25, 0.3) is 11.0 Å². The van der Waals surface area contributed by atoms with E-state index in [1.807, 2.05) is 4.98 Å². The molecule has 2 N–H and O–H groups in total. The first-order valence-corrected chi connectivity index (χ1v) is 9.16. The van der Waals surface area contributed by atoms with E-state index in [1.54, 1.807) is 20.8 Å². The van der Waals surface area contributed by atoms with Crippen LogP contribution in [0.4, 0.5) is 30.7 Å². The average Bonchev–Trinajstić information content (AvgIpc) is 2.88. The van der Waals surface area contributed by atoms with Gasteiger partial charge in [0, 0.05) is 0 Å². The smallest absolute Gasteiger partial charge is 0.292 e. The predicted octanol–water partition coefficient (Wildman–Crippen LogP) is 4.31. The summed E-state index contributed by atoms with van der Waals surface area (Å²) in [7, 11) is 0. The molecule has 2 aromatic heterocycles. The Morgan fingerprint density at radius 1 is 1.03 bits per heavy atom. The van der Waals surface area contributed by atoms with Crippen LogP contribution in [0, 0.1) is 11.2 Å². The molecule has 0 saturated heterocycles. The minimum atomic E-state index is -4.95. The number of aromatic nitrogens is 4. The molecule has 3 rings (SSSR count). The van der Waals surface area contributed by atoms with Crippen LogP contribution in [0.3, 0.4) is 0 Å². The third-order valence-corrected chi connectivity index (χ3v) is 4.72. The fourth-order valence-electron chi connectivity index (χ4n) is 3.58. The predicted molar refractivity (Wildman–Crippen MR) is 99.7 cm³/mol. The summed E-state index contributed by atoms with van der Waals surface area (Å²) < 4.78 is 93.2. The van der Waals surface area contributed by atoms with Gasteiger partial charge in [0.2, 0.25) is 0 Å². The molecule has 3 aromatic rings. The molecule has 0 fully saturated rings. The van der Waals surface area contributed by atoms with Gasteiger partial charge >= 0.3 is 18.0 Å². The van der Waals surface area contributed by atoms with E-state index < -0.39 is 63.9 Å². The number of benzene rings is 1. The highest BCUT2D eigenvalue weighted by atomic mass is 19.4. The SMILES string of the molecule is CC(C)(C)[C@H](c1ccc(C(F)(F)F)c(F)c1)n1nc(CC(F)(F)F)c2c(=O)[nH]c(=O)[nH]c21. The molecule has 32 heavy (non-hydrogen) atoms. The first-order valence-electron chi connectivity index (χ1n) is 9.16. The van der Waals surface area contributed by atoms with Crippen molar-refractivity contribution in [2.45, 2.75) is 45.6 Å². The van der Waals surface area contributed by atoms with E-state index in [2.05, 4.69) is 10.1 Å². The van der Waals surface area contributed by atoms with Crippen molar-refractivity contribution >= 4 is 11.0 Å². The Morgan fingerprint density at radius 3 is 2.16 bits per heavy atom. The second kappa shape index (κ2) is 7.48. The van der Waals surface area contributed by atoms with E-state index in [1.165, 1.54) is 0 Å². The van der Waals surface area contributed by atoms with Crippen LogP contribution in [0.5, 0.6) is 0 Å². The maximum atomic E-state index is 14.3. The van der Waals surface area contributed by atoms with Gasteiger partial charge in [0.15, 0.2) is 0 Å². The Bertz CT molecular complexity index is 1280. The summed E-state index contributed by atoms with van der Waals surface area (Å²) in [5.74, 6) is -1.58. The molecule has 6 nitrogen and oxygen atoms in total. The maximum absolute atomic E-state index is 14.3. The van der Waals surface area contributed by atoms with Crippen LogP contribution >= 0.6 is 0 Å². The molecule has 0 aliphatic carbocycles. The van der Waals surface area contributed by atoms with Crippen LogP contribution < -0.4 is 11.2 Å². The number of rotatable bonds is 3. The van der Waals surface area contributed by atoms with Crippen molar-refractivity contribution in [3.8, 4) is 0 Å². The lowest BCUT2D eigenvalue weighted by molar-refractivity contribution is -0.140. The number of fused-ring (bicyclic) bond motifs is 1. The number of aromatic amines is 2. The fraction of sp³-hybridized carbons (Fsp3) is 0.421. The zero-order valence-electron chi connectivity index (χ0n) is 16.9. The van der Waals surface area contributed by atoms with Crippen molar-refractivity contribution in [2.75, 3.05) is 0 Å². The van der Waals surface area contributed by atoms with Crippen molar-refractivity contribution < 1.29 is 30.7 Å². The van der Waals surface area contributed by atoms with Crippen LogP contribution in [0.2, 0.25) is 0 Å². The number of hydrogen-bond donors (Lipinski definition) is 2. The number of nitrogens with one attached hydrogen (secondary N) is 2. The lowest BCUT2D eigenvalue weighted by atomic mass is 9.82. The quantitative estimate of drug-likeness (QED) is 0.565. The van der Waals surface area contributed by atoms with Gasteiger partial charge in [0.05, 0.1) is 23.7 Å². The summed E-state index contributed by atoms with van der Waals surface area (Å²) in [6, 6.07) is 0.966. The zero-order valence-corrected chi connectivity index (χ0v) is 16.9. The molecule has 1 atom stereocenters. The van der Waals surface area contributed by atoms with Gasteiger partial charge in [-0.3, -0.25) is 14.8 Å². The molecule has 0 spiro atoms. The molecule has 0 amide bonds. The zero-order chi connectivity index (χ0) is 24.2. The topological polar surface area (TPSA) is 83.5 Å². The van der Waals surface area contributed by atoms with Crippen molar-refractivity contribution in [2.24, 2.45) is 5.41 Å². The minimum absolute atomic E-state index is 0.0490. The highest BCUT2D eigenvalue weighted by Crippen LogP contribution is 2.40. The molecule has 0 saturated carbocycles. The fourth-order valence-corrected chi connectivity index (χ4v) is 3.58. The Morgan fingerprint density at radius 2 is 1.66 bits per heavy atom. The standard InChI is InChI=1S/C19H17F7N4O2/c1-17(2,3)13(8-4-5-9(10(20)6-8)19(24,25)26)30-14-12(15(31)28-16(32)27-14)11(29-30)7-18(21,22)23/h4-6,13H,7H2,1-3H3,(H2,27,28,31,32)/t13-/m0/s1. The van der Waals surface area contributed by atoms with E-state index in [4.69, 9.17) is 0 Å². The molecule has 0 bridgehead atoms. The summed E-state index contributed by atoms with van der Waals surface area (Å²) >= 11 is 0. The molecule has 13 heteroatoms. The van der Waals surface area contributed by atoms with Crippen LogP contribution in [-0.4, -0.2) is 25.9 Å². The molecule has 0 radical (unpaired) electrons. The van der Waals surface area contributed by atoms with Crippen LogP contribution in [0.15, 0.2) is 27.8 Å². The monoisotopic (exact) mass is 466 g/mol. The van der Waals surface area contributed by atoms with E-state index in [9.17, 15) is 40.3 Å². The molecular formula is C19H17F7N4O2. The van der Waals surface area contributed by atoms with Gasteiger partial charge in [-0.1, -0.05) is 26.8 Å². The van der Waals surface area contributed by atoms with Crippen LogP contribution in [0.1, 0.15) is 43.6 Å². The summed E-state index contributed by atoms with van der Waals surface area (Å²) in [5, 5.41) is 3.36. The number of alkyl halides is 6. The largest absolute Gasteiger partial charge is 0.419 e. The molecule has 0 aliphatic heterocycles. The molecule has 0 aliphatic rings. The van der Waals surface area contributed by atoms with E-state index in [0.717, 1.165) is 10.7 Å². The molecule has 0 unspecified atom stereocenters. The Labute approximate surface area is 175 Å². The maximum Gasteiger partial charge on any atom is 0.419 e.